The summed E-state index contributed by atoms with van der Waals surface area (Å²) in [5.74, 6) is 2.19. The van der Waals surface area contributed by atoms with E-state index >= 15 is 0 Å². The topological polar surface area (TPSA) is 49.6 Å². The van der Waals surface area contributed by atoms with Crippen molar-refractivity contribution in [3.05, 3.63) is 0 Å². The van der Waals surface area contributed by atoms with Crippen LogP contribution in [0.3, 0.4) is 0 Å². The lowest BCUT2D eigenvalue weighted by Gasteiger charge is -2.37. The summed E-state index contributed by atoms with van der Waals surface area (Å²) in [5.41, 5.74) is 5.75. The van der Waals surface area contributed by atoms with E-state index in [1.165, 1.54) is 19.3 Å². The second-order valence-corrected chi connectivity index (χ2v) is 6.72. The number of carbonyl (C=O) groups excluding carboxylic acids is 1. The quantitative estimate of drug-likeness (QED) is 0.861. The van der Waals surface area contributed by atoms with Gasteiger partial charge >= 0.3 is 0 Å². The highest BCUT2D eigenvalue weighted by Gasteiger charge is 2.27. The number of piperidine rings is 2. The molecule has 2 aliphatic rings. The van der Waals surface area contributed by atoms with Crippen LogP contribution in [-0.4, -0.2) is 55.0 Å². The van der Waals surface area contributed by atoms with Gasteiger partial charge in [0.15, 0.2) is 0 Å². The Morgan fingerprint density at radius 3 is 2.45 bits per heavy atom. The number of rotatable bonds is 3. The van der Waals surface area contributed by atoms with Gasteiger partial charge in [0.05, 0.1) is 6.54 Å². The maximum Gasteiger partial charge on any atom is 0.236 e. The first-order valence-corrected chi connectivity index (χ1v) is 7.78. The van der Waals surface area contributed by atoms with Gasteiger partial charge in [0.1, 0.15) is 0 Å². The van der Waals surface area contributed by atoms with Crippen LogP contribution in [0.15, 0.2) is 0 Å². The van der Waals surface area contributed by atoms with Gasteiger partial charge in [0, 0.05) is 19.6 Å². The summed E-state index contributed by atoms with van der Waals surface area (Å²) >= 11 is 0. The lowest BCUT2D eigenvalue weighted by Crippen LogP contribution is -2.49. The number of amides is 1. The molecule has 2 saturated heterocycles. The zero-order valence-electron chi connectivity index (χ0n) is 12.9. The fourth-order valence-electron chi connectivity index (χ4n) is 3.65. The molecule has 20 heavy (non-hydrogen) atoms. The van der Waals surface area contributed by atoms with Gasteiger partial charge in [-0.25, -0.2) is 0 Å². The monoisotopic (exact) mass is 303 g/mol. The van der Waals surface area contributed by atoms with E-state index in [0.717, 1.165) is 32.7 Å². The summed E-state index contributed by atoms with van der Waals surface area (Å²) < 4.78 is 0. The Balaban J connectivity index is 0.00000200. The van der Waals surface area contributed by atoms with Crippen LogP contribution in [0.5, 0.6) is 0 Å². The maximum atomic E-state index is 12.4. The highest BCUT2D eigenvalue weighted by Crippen LogP contribution is 2.21. The van der Waals surface area contributed by atoms with Crippen LogP contribution < -0.4 is 5.73 Å². The molecule has 3 unspecified atom stereocenters. The van der Waals surface area contributed by atoms with Crippen molar-refractivity contribution in [2.75, 3.05) is 39.3 Å². The third-order valence-corrected chi connectivity index (χ3v) is 4.52. The maximum absolute atomic E-state index is 12.4. The molecule has 0 aromatic carbocycles. The molecule has 0 bridgehead atoms. The minimum atomic E-state index is 0. The van der Waals surface area contributed by atoms with Crippen LogP contribution in [0.4, 0.5) is 0 Å². The first-order chi connectivity index (χ1) is 9.08. The molecule has 0 radical (unpaired) electrons. The summed E-state index contributed by atoms with van der Waals surface area (Å²) in [6.07, 6.45) is 3.66. The Hall–Kier alpha value is -0.320. The van der Waals surface area contributed by atoms with E-state index in [1.807, 2.05) is 0 Å². The molecule has 4 nitrogen and oxygen atoms in total. The van der Waals surface area contributed by atoms with Crippen molar-refractivity contribution in [3.63, 3.8) is 0 Å². The summed E-state index contributed by atoms with van der Waals surface area (Å²) in [4.78, 5) is 16.8. The van der Waals surface area contributed by atoms with E-state index in [2.05, 4.69) is 23.6 Å². The zero-order chi connectivity index (χ0) is 13.8. The van der Waals surface area contributed by atoms with Crippen molar-refractivity contribution in [1.29, 1.82) is 0 Å². The summed E-state index contributed by atoms with van der Waals surface area (Å²) in [6.45, 7) is 9.79. The van der Waals surface area contributed by atoms with Gasteiger partial charge in [-0.2, -0.15) is 0 Å². The van der Waals surface area contributed by atoms with Crippen molar-refractivity contribution in [3.8, 4) is 0 Å². The fourth-order valence-corrected chi connectivity index (χ4v) is 3.65. The van der Waals surface area contributed by atoms with Crippen molar-refractivity contribution in [2.24, 2.45) is 23.5 Å². The first-order valence-electron chi connectivity index (χ1n) is 7.78. The molecule has 2 rings (SSSR count). The molecule has 5 heteroatoms. The minimum absolute atomic E-state index is 0. The standard InChI is InChI=1S/C15H29N3O.ClH/c1-12-6-13(2)9-18(8-12)15(19)11-17-5-3-4-14(7-16)10-17;/h12-14H,3-11,16H2,1-2H3;1H. The fraction of sp³-hybridized carbons (Fsp3) is 0.933. The summed E-state index contributed by atoms with van der Waals surface area (Å²) in [6, 6.07) is 0. The molecule has 0 aromatic rings. The molecule has 1 amide bonds. The average molecular weight is 304 g/mol. The predicted molar refractivity (Wildman–Crippen MR) is 85.0 cm³/mol. The van der Waals surface area contributed by atoms with Crippen molar-refractivity contribution in [1.82, 2.24) is 9.80 Å². The number of halogens is 1. The van der Waals surface area contributed by atoms with Crippen LogP contribution >= 0.6 is 12.4 Å². The van der Waals surface area contributed by atoms with Gasteiger partial charge in [-0.05, 0) is 50.1 Å². The van der Waals surface area contributed by atoms with Crippen LogP contribution in [0.1, 0.15) is 33.1 Å². The highest BCUT2D eigenvalue weighted by atomic mass is 35.5. The van der Waals surface area contributed by atoms with Gasteiger partial charge in [-0.3, -0.25) is 9.69 Å². The second kappa shape index (κ2) is 8.20. The molecular weight excluding hydrogens is 274 g/mol. The lowest BCUT2D eigenvalue weighted by atomic mass is 9.92. The molecule has 0 aromatic heterocycles. The highest BCUT2D eigenvalue weighted by molar-refractivity contribution is 5.85. The largest absolute Gasteiger partial charge is 0.341 e. The Labute approximate surface area is 129 Å². The molecule has 2 aliphatic heterocycles. The second-order valence-electron chi connectivity index (χ2n) is 6.72. The van der Waals surface area contributed by atoms with Gasteiger partial charge in [0.2, 0.25) is 5.91 Å². The number of nitrogens with two attached hydrogens (primary N) is 1. The molecule has 2 fully saturated rings. The summed E-state index contributed by atoms with van der Waals surface area (Å²) in [5, 5.41) is 0. The third kappa shape index (κ3) is 4.90. The number of hydrogen-bond acceptors (Lipinski definition) is 3. The SMILES string of the molecule is CC1CC(C)CN(C(=O)CN2CCCC(CN)C2)C1.Cl. The normalized spacial score (nSPS) is 31.8. The van der Waals surface area contributed by atoms with Crippen LogP contribution in [-0.2, 0) is 4.79 Å². The Kier molecular flexibility index (Phi) is 7.27. The molecule has 0 saturated carbocycles. The minimum Gasteiger partial charge on any atom is -0.341 e. The lowest BCUT2D eigenvalue weighted by molar-refractivity contribution is -0.135. The Morgan fingerprint density at radius 2 is 1.85 bits per heavy atom. The predicted octanol–water partition coefficient (Wildman–Crippen LogP) is 1.58. The Morgan fingerprint density at radius 1 is 1.20 bits per heavy atom. The van der Waals surface area contributed by atoms with Gasteiger partial charge in [0.25, 0.3) is 0 Å². The molecule has 118 valence electrons. The number of nitrogens with zero attached hydrogens (tertiary/aromatic N) is 2. The van der Waals surface area contributed by atoms with Crippen LogP contribution in [0, 0.1) is 17.8 Å². The van der Waals surface area contributed by atoms with Crippen molar-refractivity contribution in [2.45, 2.75) is 33.1 Å². The molecule has 3 atom stereocenters. The van der Waals surface area contributed by atoms with Crippen LogP contribution in [0.2, 0.25) is 0 Å². The molecule has 0 spiro atoms. The van der Waals surface area contributed by atoms with E-state index in [4.69, 9.17) is 5.73 Å². The van der Waals surface area contributed by atoms with E-state index < -0.39 is 0 Å². The van der Waals surface area contributed by atoms with Gasteiger partial charge < -0.3 is 10.6 Å². The van der Waals surface area contributed by atoms with E-state index in [9.17, 15) is 4.79 Å². The van der Waals surface area contributed by atoms with Crippen molar-refractivity contribution < 1.29 is 4.79 Å². The molecule has 2 N–H and O–H groups in total. The summed E-state index contributed by atoms with van der Waals surface area (Å²) in [7, 11) is 0. The zero-order valence-corrected chi connectivity index (χ0v) is 13.7. The molecular formula is C15H30ClN3O. The number of carbonyl (C=O) groups is 1. The van der Waals surface area contributed by atoms with Crippen LogP contribution in [0.25, 0.3) is 0 Å². The smallest absolute Gasteiger partial charge is 0.236 e. The third-order valence-electron chi connectivity index (χ3n) is 4.52. The number of likely N-dealkylation sites (tertiary alicyclic amines) is 2. The molecule has 2 heterocycles. The van der Waals surface area contributed by atoms with Gasteiger partial charge in [-0.15, -0.1) is 12.4 Å². The van der Waals surface area contributed by atoms with Crippen molar-refractivity contribution >= 4 is 18.3 Å². The van der Waals surface area contributed by atoms with Gasteiger partial charge in [-0.1, -0.05) is 13.8 Å². The Bertz CT molecular complexity index is 303. The number of hydrogen-bond donors (Lipinski definition) is 1. The first kappa shape index (κ1) is 17.7. The average Bonchev–Trinajstić information content (AvgIpc) is 2.37. The van der Waals surface area contributed by atoms with E-state index in [-0.39, 0.29) is 12.4 Å². The van der Waals surface area contributed by atoms with E-state index in [0.29, 0.717) is 30.2 Å². The molecule has 0 aliphatic carbocycles. The van der Waals surface area contributed by atoms with E-state index in [1.54, 1.807) is 0 Å².